The molecule has 1 aliphatic rings. The summed E-state index contributed by atoms with van der Waals surface area (Å²) in [5.41, 5.74) is 4.08. The Balaban J connectivity index is 1.80. The van der Waals surface area contributed by atoms with E-state index in [-0.39, 0.29) is 11.9 Å². The summed E-state index contributed by atoms with van der Waals surface area (Å²) in [6, 6.07) is 6.24. The summed E-state index contributed by atoms with van der Waals surface area (Å²) in [4.78, 5) is 12.6. The van der Waals surface area contributed by atoms with Gasteiger partial charge >= 0.3 is 0 Å². The molecule has 2 aromatic rings. The summed E-state index contributed by atoms with van der Waals surface area (Å²) in [5, 5.41) is 10.7. The average molecular weight is 302 g/mol. The Morgan fingerprint density at radius 3 is 3.00 bits per heavy atom. The van der Waals surface area contributed by atoms with Crippen molar-refractivity contribution in [1.82, 2.24) is 9.78 Å². The van der Waals surface area contributed by atoms with E-state index in [2.05, 4.69) is 22.7 Å². The van der Waals surface area contributed by atoms with Gasteiger partial charge in [0.1, 0.15) is 0 Å². The van der Waals surface area contributed by atoms with E-state index < -0.39 is 0 Å². The highest BCUT2D eigenvalue weighted by Gasteiger charge is 2.17. The molecule has 0 radical (unpaired) electrons. The molecule has 0 saturated heterocycles. The molecule has 0 bridgehead atoms. The molecule has 21 heavy (non-hydrogen) atoms. The zero-order valence-corrected chi connectivity index (χ0v) is 13.1. The lowest BCUT2D eigenvalue weighted by atomic mass is 10.1. The fraction of sp³-hybridized carbons (Fsp3) is 0.333. The molecule has 1 aliphatic heterocycles. The van der Waals surface area contributed by atoms with E-state index in [9.17, 15) is 4.79 Å². The first-order valence-electron chi connectivity index (χ1n) is 6.86. The second kappa shape index (κ2) is 5.44. The topological polar surface area (TPSA) is 59.0 Å². The maximum Gasteiger partial charge on any atom is 0.234 e. The molecule has 1 unspecified atom stereocenters. The molecule has 0 spiro atoms. The Bertz CT molecular complexity index is 695. The van der Waals surface area contributed by atoms with Crippen LogP contribution in [-0.2, 0) is 11.8 Å². The third kappa shape index (κ3) is 2.90. The van der Waals surface area contributed by atoms with Gasteiger partial charge in [-0.1, -0.05) is 0 Å². The van der Waals surface area contributed by atoms with Gasteiger partial charge in [-0.3, -0.25) is 9.48 Å². The largest absolute Gasteiger partial charge is 0.378 e. The predicted octanol–water partition coefficient (Wildman–Crippen LogP) is 2.95. The van der Waals surface area contributed by atoms with Crippen molar-refractivity contribution in [2.45, 2.75) is 24.8 Å². The first-order chi connectivity index (χ1) is 10.0. The first-order valence-corrected chi connectivity index (χ1v) is 7.85. The summed E-state index contributed by atoms with van der Waals surface area (Å²) >= 11 is 1.57. The maximum absolute atomic E-state index is 11.5. The number of fused-ring (bicyclic) bond motifs is 1. The zero-order valence-electron chi connectivity index (χ0n) is 12.3. The molecule has 6 heteroatoms. The number of hydrogen-bond acceptors (Lipinski definition) is 4. The lowest BCUT2D eigenvalue weighted by Gasteiger charge is -2.19. The summed E-state index contributed by atoms with van der Waals surface area (Å²) < 4.78 is 1.83. The van der Waals surface area contributed by atoms with Gasteiger partial charge in [-0.05, 0) is 32.0 Å². The number of hydrogen-bond donors (Lipinski definition) is 2. The number of aryl methyl sites for hydroxylation is 2. The smallest absolute Gasteiger partial charge is 0.234 e. The number of nitrogens with zero attached hydrogens (tertiary/aromatic N) is 2. The number of carbonyl (C=O) groups excluding carboxylic acids is 1. The molecule has 2 heterocycles. The minimum absolute atomic E-state index is 0.0563. The third-order valence-electron chi connectivity index (χ3n) is 3.51. The van der Waals surface area contributed by atoms with Crippen LogP contribution in [-0.4, -0.2) is 21.4 Å². The van der Waals surface area contributed by atoms with Crippen molar-refractivity contribution >= 4 is 29.0 Å². The lowest BCUT2D eigenvalue weighted by Crippen LogP contribution is -2.18. The average Bonchev–Trinajstić information content (AvgIpc) is 2.77. The van der Waals surface area contributed by atoms with Gasteiger partial charge in [0.25, 0.3) is 0 Å². The molecule has 0 saturated carbocycles. The molecule has 3 rings (SSSR count). The highest BCUT2D eigenvalue weighted by Crippen LogP contribution is 2.34. The molecule has 2 N–H and O–H groups in total. The molecule has 1 atom stereocenters. The number of aromatic nitrogens is 2. The first kappa shape index (κ1) is 14.0. The second-order valence-electron chi connectivity index (χ2n) is 5.26. The van der Waals surface area contributed by atoms with E-state index in [4.69, 9.17) is 0 Å². The Labute approximate surface area is 128 Å². The number of anilines is 2. The summed E-state index contributed by atoms with van der Waals surface area (Å²) in [7, 11) is 1.93. The van der Waals surface area contributed by atoms with Crippen LogP contribution in [0.15, 0.2) is 29.3 Å². The summed E-state index contributed by atoms with van der Waals surface area (Å²) in [6.45, 7) is 4.12. The van der Waals surface area contributed by atoms with Crippen LogP contribution in [0.25, 0.3) is 0 Å². The Morgan fingerprint density at radius 1 is 1.48 bits per heavy atom. The van der Waals surface area contributed by atoms with Crippen molar-refractivity contribution in [2.24, 2.45) is 7.05 Å². The minimum atomic E-state index is 0.0563. The van der Waals surface area contributed by atoms with Crippen LogP contribution in [0.2, 0.25) is 0 Å². The molecule has 5 nitrogen and oxygen atoms in total. The van der Waals surface area contributed by atoms with Crippen LogP contribution >= 0.6 is 11.8 Å². The quantitative estimate of drug-likeness (QED) is 0.915. The van der Waals surface area contributed by atoms with Crippen molar-refractivity contribution in [1.29, 1.82) is 0 Å². The number of amides is 1. The van der Waals surface area contributed by atoms with E-state index >= 15 is 0 Å². The summed E-state index contributed by atoms with van der Waals surface area (Å²) in [5.74, 6) is 0.547. The molecule has 1 aromatic heterocycles. The fourth-order valence-electron chi connectivity index (χ4n) is 2.54. The molecule has 1 amide bonds. The number of thioether (sulfide) groups is 1. The normalized spacial score (nSPS) is 15.3. The van der Waals surface area contributed by atoms with Crippen molar-refractivity contribution in [2.75, 3.05) is 16.4 Å². The second-order valence-corrected chi connectivity index (χ2v) is 6.27. The summed E-state index contributed by atoms with van der Waals surface area (Å²) in [6.07, 6.45) is 2.03. The standard InChI is InChI=1S/C15H18N4OS/c1-9(12-7-19(3)18-10(12)2)16-11-4-5-14-13(6-11)17-15(20)8-21-14/h4-7,9,16H,8H2,1-3H3,(H,17,20). The van der Waals surface area contributed by atoms with Crippen molar-refractivity contribution in [3.8, 4) is 0 Å². The van der Waals surface area contributed by atoms with Gasteiger partial charge in [-0.2, -0.15) is 5.10 Å². The molecular formula is C15H18N4OS. The number of carbonyl (C=O) groups is 1. The number of nitrogens with one attached hydrogen (secondary N) is 2. The van der Waals surface area contributed by atoms with Crippen LogP contribution < -0.4 is 10.6 Å². The third-order valence-corrected chi connectivity index (χ3v) is 4.59. The van der Waals surface area contributed by atoms with Gasteiger partial charge < -0.3 is 10.6 Å². The van der Waals surface area contributed by atoms with Crippen LogP contribution in [0.4, 0.5) is 11.4 Å². The van der Waals surface area contributed by atoms with Gasteiger partial charge in [0.05, 0.1) is 23.2 Å². The molecule has 0 fully saturated rings. The lowest BCUT2D eigenvalue weighted by molar-refractivity contribution is -0.113. The van der Waals surface area contributed by atoms with Gasteiger partial charge in [-0.25, -0.2) is 0 Å². The predicted molar refractivity (Wildman–Crippen MR) is 85.8 cm³/mol. The van der Waals surface area contributed by atoms with Crippen LogP contribution in [0.3, 0.4) is 0 Å². The van der Waals surface area contributed by atoms with Crippen molar-refractivity contribution in [3.05, 3.63) is 35.7 Å². The van der Waals surface area contributed by atoms with Gasteiger partial charge in [0.2, 0.25) is 5.91 Å². The number of rotatable bonds is 3. The SMILES string of the molecule is Cc1nn(C)cc1C(C)Nc1ccc2c(c1)NC(=O)CS2. The highest BCUT2D eigenvalue weighted by atomic mass is 32.2. The highest BCUT2D eigenvalue weighted by molar-refractivity contribution is 8.00. The van der Waals surface area contributed by atoms with Gasteiger partial charge in [0, 0.05) is 29.4 Å². The van der Waals surface area contributed by atoms with Crippen LogP contribution in [0.5, 0.6) is 0 Å². The van der Waals surface area contributed by atoms with Crippen LogP contribution in [0.1, 0.15) is 24.2 Å². The van der Waals surface area contributed by atoms with E-state index in [0.29, 0.717) is 5.75 Å². The monoisotopic (exact) mass is 302 g/mol. The van der Waals surface area contributed by atoms with E-state index in [0.717, 1.165) is 22.0 Å². The van der Waals surface area contributed by atoms with E-state index in [1.165, 1.54) is 5.56 Å². The molecule has 110 valence electrons. The Kier molecular flexibility index (Phi) is 3.63. The molecule has 0 aliphatic carbocycles. The van der Waals surface area contributed by atoms with Gasteiger partial charge in [0.15, 0.2) is 0 Å². The number of benzene rings is 1. The fourth-order valence-corrected chi connectivity index (χ4v) is 3.33. The zero-order chi connectivity index (χ0) is 15.0. The minimum Gasteiger partial charge on any atom is -0.378 e. The maximum atomic E-state index is 11.5. The van der Waals surface area contributed by atoms with E-state index in [1.807, 2.05) is 43.0 Å². The van der Waals surface area contributed by atoms with Crippen molar-refractivity contribution in [3.63, 3.8) is 0 Å². The van der Waals surface area contributed by atoms with Crippen LogP contribution in [0, 0.1) is 6.92 Å². The molecule has 1 aromatic carbocycles. The molecular weight excluding hydrogens is 284 g/mol. The Hall–Kier alpha value is -1.95. The van der Waals surface area contributed by atoms with Crippen molar-refractivity contribution < 1.29 is 4.79 Å². The Morgan fingerprint density at radius 2 is 2.29 bits per heavy atom. The van der Waals surface area contributed by atoms with E-state index in [1.54, 1.807) is 11.8 Å². The van der Waals surface area contributed by atoms with Gasteiger partial charge in [-0.15, -0.1) is 11.8 Å².